The number of carboxylic acids is 1. The zero-order valence-electron chi connectivity index (χ0n) is 22.7. The van der Waals surface area contributed by atoms with Gasteiger partial charge in [0.1, 0.15) is 67.1 Å². The fourth-order valence-corrected chi connectivity index (χ4v) is 4.59. The fraction of sp³-hybridized carbons (Fsp3) is 0.870. The van der Waals surface area contributed by atoms with Gasteiger partial charge < -0.3 is 90.3 Å². The molecule has 43 heavy (non-hydrogen) atoms. The number of hydrogen-bond donors (Lipinski definition) is 13. The van der Waals surface area contributed by atoms with Gasteiger partial charge >= 0.3 is 5.97 Å². The van der Waals surface area contributed by atoms with Crippen molar-refractivity contribution in [1.29, 1.82) is 0 Å². The Labute approximate surface area is 243 Å². The second-order valence-electron chi connectivity index (χ2n) is 10.2. The van der Waals surface area contributed by atoms with Gasteiger partial charge in [-0.1, -0.05) is 0 Å². The maximum absolute atomic E-state index is 12.3. The minimum absolute atomic E-state index is 0.122. The first-order valence-electron chi connectivity index (χ1n) is 13.0. The molecule has 0 aliphatic carbocycles. The van der Waals surface area contributed by atoms with Crippen molar-refractivity contribution in [3.05, 3.63) is 0 Å². The molecule has 15 atom stereocenters. The first kappa shape index (κ1) is 37.2. The Morgan fingerprint density at radius 3 is 2.12 bits per heavy atom. The normalized spacial score (nSPS) is 37.4. The van der Waals surface area contributed by atoms with E-state index in [1.54, 1.807) is 0 Å². The van der Waals surface area contributed by atoms with Crippen molar-refractivity contribution < 1.29 is 94.6 Å². The predicted octanol–water partition coefficient (Wildman–Crippen LogP) is -8.38. The number of aldehydes is 1. The number of carboxylic acid groups (broad SMARTS) is 1. The number of aliphatic hydroxyl groups excluding tert-OH is 11. The lowest BCUT2D eigenvalue weighted by molar-refractivity contribution is -0.348. The topological polar surface area (TPSA) is 343 Å². The van der Waals surface area contributed by atoms with E-state index in [-0.39, 0.29) is 6.29 Å². The average Bonchev–Trinajstić information content (AvgIpc) is 2.97. The fourth-order valence-electron chi connectivity index (χ4n) is 4.59. The Morgan fingerprint density at radius 1 is 1.00 bits per heavy atom. The molecule has 3 unspecified atom stereocenters. The Bertz CT molecular complexity index is 927. The van der Waals surface area contributed by atoms with E-state index in [0.29, 0.717) is 0 Å². The maximum Gasteiger partial charge on any atom is 0.364 e. The molecule has 250 valence electrons. The minimum atomic E-state index is -2.87. The van der Waals surface area contributed by atoms with Gasteiger partial charge in [0.25, 0.3) is 5.79 Å². The quantitative estimate of drug-likeness (QED) is 0.0744. The molecule has 13 N–H and O–H groups in total. The zero-order chi connectivity index (χ0) is 32.8. The number of nitrogens with one attached hydrogen (secondary N) is 1. The molecule has 0 aromatic rings. The van der Waals surface area contributed by atoms with Crippen LogP contribution >= 0.6 is 0 Å². The molecule has 1 amide bonds. The van der Waals surface area contributed by atoms with Gasteiger partial charge in [-0.05, 0) is 0 Å². The summed E-state index contributed by atoms with van der Waals surface area (Å²) in [5.74, 6) is -5.51. The van der Waals surface area contributed by atoms with E-state index in [0.717, 1.165) is 6.92 Å². The summed E-state index contributed by atoms with van der Waals surface area (Å²) >= 11 is 0. The van der Waals surface area contributed by atoms with Crippen LogP contribution in [0.4, 0.5) is 0 Å². The van der Waals surface area contributed by atoms with Crippen molar-refractivity contribution in [2.45, 2.75) is 105 Å². The lowest BCUT2D eigenvalue weighted by atomic mass is 9.88. The molecule has 2 saturated heterocycles. The lowest BCUT2D eigenvalue weighted by Crippen LogP contribution is -2.68. The number of amides is 1. The van der Waals surface area contributed by atoms with E-state index in [2.05, 4.69) is 5.32 Å². The van der Waals surface area contributed by atoms with Crippen LogP contribution in [0.25, 0.3) is 0 Å². The predicted molar refractivity (Wildman–Crippen MR) is 131 cm³/mol. The highest BCUT2D eigenvalue weighted by atomic mass is 16.7. The summed E-state index contributed by atoms with van der Waals surface area (Å²) in [4.78, 5) is 34.9. The molecule has 0 spiro atoms. The third-order valence-electron chi connectivity index (χ3n) is 7.02. The molecule has 0 aromatic carbocycles. The molecule has 2 aliphatic heterocycles. The summed E-state index contributed by atoms with van der Waals surface area (Å²) in [5, 5.41) is 123. The summed E-state index contributed by atoms with van der Waals surface area (Å²) in [6.45, 7) is -2.09. The lowest BCUT2D eigenvalue weighted by Gasteiger charge is -2.47. The Kier molecular flexibility index (Phi) is 13.7. The highest BCUT2D eigenvalue weighted by molar-refractivity contribution is 5.76. The molecule has 20 heteroatoms. The van der Waals surface area contributed by atoms with Gasteiger partial charge in [0.15, 0.2) is 12.6 Å². The van der Waals surface area contributed by atoms with Crippen LogP contribution in [-0.2, 0) is 33.3 Å². The van der Waals surface area contributed by atoms with Gasteiger partial charge in [0, 0.05) is 13.3 Å². The summed E-state index contributed by atoms with van der Waals surface area (Å²) in [5.41, 5.74) is 0. The Morgan fingerprint density at radius 2 is 1.60 bits per heavy atom. The smallest absolute Gasteiger partial charge is 0.364 e. The molecule has 2 heterocycles. The molecule has 0 radical (unpaired) electrons. The molecular formula is C23H39NO19. The highest BCUT2D eigenvalue weighted by Gasteiger charge is 2.57. The number of aliphatic carboxylic acids is 1. The second-order valence-corrected chi connectivity index (χ2v) is 10.2. The van der Waals surface area contributed by atoms with Crippen molar-refractivity contribution in [2.24, 2.45) is 0 Å². The van der Waals surface area contributed by atoms with Crippen LogP contribution < -0.4 is 5.32 Å². The number of carbonyl (C=O) groups is 3. The monoisotopic (exact) mass is 633 g/mol. The van der Waals surface area contributed by atoms with Crippen molar-refractivity contribution in [3.63, 3.8) is 0 Å². The van der Waals surface area contributed by atoms with E-state index >= 15 is 0 Å². The maximum atomic E-state index is 12.3. The summed E-state index contributed by atoms with van der Waals surface area (Å²) in [6, 6.07) is -1.50. The van der Waals surface area contributed by atoms with E-state index < -0.39 is 129 Å². The van der Waals surface area contributed by atoms with Crippen LogP contribution in [0.15, 0.2) is 0 Å². The molecule has 0 saturated carbocycles. The Hall–Kier alpha value is -1.99. The number of carbonyl (C=O) groups excluding carboxylic acids is 2. The van der Waals surface area contributed by atoms with Crippen LogP contribution in [0.5, 0.6) is 0 Å². The second kappa shape index (κ2) is 15.8. The third kappa shape index (κ3) is 8.59. The Balaban J connectivity index is 2.33. The van der Waals surface area contributed by atoms with Gasteiger partial charge in [-0.25, -0.2) is 4.79 Å². The van der Waals surface area contributed by atoms with Crippen molar-refractivity contribution >= 4 is 18.2 Å². The van der Waals surface area contributed by atoms with Gasteiger partial charge in [-0.15, -0.1) is 0 Å². The molecule has 0 aromatic heterocycles. The zero-order valence-corrected chi connectivity index (χ0v) is 22.7. The highest BCUT2D eigenvalue weighted by Crippen LogP contribution is 2.35. The minimum Gasteiger partial charge on any atom is -0.477 e. The molecule has 20 nitrogen and oxygen atoms in total. The van der Waals surface area contributed by atoms with E-state index in [4.69, 9.17) is 18.9 Å². The first-order chi connectivity index (χ1) is 20.0. The third-order valence-corrected chi connectivity index (χ3v) is 7.02. The molecule has 2 aliphatic rings. The van der Waals surface area contributed by atoms with Crippen LogP contribution in [0.1, 0.15) is 13.3 Å². The van der Waals surface area contributed by atoms with E-state index in [9.17, 15) is 75.7 Å². The molecular weight excluding hydrogens is 594 g/mol. The average molecular weight is 634 g/mol. The van der Waals surface area contributed by atoms with Crippen LogP contribution in [0.3, 0.4) is 0 Å². The van der Waals surface area contributed by atoms with Gasteiger partial charge in [0.05, 0.1) is 32.0 Å². The molecule has 0 bridgehead atoms. The van der Waals surface area contributed by atoms with Crippen molar-refractivity contribution in [1.82, 2.24) is 5.32 Å². The van der Waals surface area contributed by atoms with Gasteiger partial charge in [-0.2, -0.15) is 0 Å². The number of ether oxygens (including phenoxy) is 4. The summed E-state index contributed by atoms with van der Waals surface area (Å²) in [7, 11) is 0. The molecule has 2 fully saturated rings. The van der Waals surface area contributed by atoms with E-state index in [1.165, 1.54) is 0 Å². The number of rotatable bonds is 15. The van der Waals surface area contributed by atoms with Gasteiger partial charge in [0.2, 0.25) is 5.91 Å². The van der Waals surface area contributed by atoms with Crippen LogP contribution in [-0.4, -0.2) is 191 Å². The summed E-state index contributed by atoms with van der Waals surface area (Å²) < 4.78 is 21.4. The van der Waals surface area contributed by atoms with E-state index in [1.807, 2.05) is 0 Å². The largest absolute Gasteiger partial charge is 0.477 e. The number of aliphatic hydroxyl groups is 11. The first-order valence-corrected chi connectivity index (χ1v) is 13.0. The molecule has 2 rings (SSSR count). The van der Waals surface area contributed by atoms with Crippen LogP contribution in [0.2, 0.25) is 0 Å². The SMILES string of the molecule is CC(=O)N[C@H]1[C@H]([C@H](O)C(O)CO)O[C@@](OCC2O[C@@H](OC([C@H](O)CO)[C@H](O)[C@@H](O)C=O)[C@H](O)[C@@H](O)[C@H]2O)(C(=O)O)C[C@@H]1O. The van der Waals surface area contributed by atoms with Crippen molar-refractivity contribution in [3.8, 4) is 0 Å². The van der Waals surface area contributed by atoms with Crippen molar-refractivity contribution in [2.75, 3.05) is 19.8 Å². The summed E-state index contributed by atoms with van der Waals surface area (Å²) in [6.07, 6.45) is -27.1. The van der Waals surface area contributed by atoms with Gasteiger partial charge in [-0.3, -0.25) is 4.79 Å². The van der Waals surface area contributed by atoms with Crippen LogP contribution in [0, 0.1) is 0 Å². The standard InChI is InChI=1S/C23H39NO19/c1-7(28)24-13-8(29)2-23(22(38)39,43-20(13)15(34)10(31)4-26)40-6-12-16(35)17(36)18(37)21(41-12)42-19(11(32)5-27)14(33)9(30)3-25/h3,8-21,26-27,29-37H,2,4-6H2,1H3,(H,24,28)(H,38,39)/t8-,9-,10?,11+,12?,13+,14+,15+,16-,17-,18+,19?,20+,21-,23+/m0/s1. The number of hydrogen-bond acceptors (Lipinski definition) is 18.